The zero-order valence-corrected chi connectivity index (χ0v) is 9.24. The molecule has 1 aliphatic carbocycles. The van der Waals surface area contributed by atoms with Crippen LogP contribution in [-0.4, -0.2) is 5.78 Å². The van der Waals surface area contributed by atoms with Crippen molar-refractivity contribution in [2.75, 3.05) is 0 Å². The molecule has 0 aromatic heterocycles. The largest absolute Gasteiger partial charge is 0.295 e. The molecule has 1 heteroatoms. The first-order valence-corrected chi connectivity index (χ1v) is 5.22. The molecule has 0 aliphatic heterocycles. The lowest BCUT2D eigenvalue weighted by Gasteiger charge is -2.25. The lowest BCUT2D eigenvalue weighted by atomic mass is 9.79. The molecule has 0 N–H and O–H groups in total. The van der Waals surface area contributed by atoms with Crippen LogP contribution in [0.1, 0.15) is 53.4 Å². The van der Waals surface area contributed by atoms with Crippen LogP contribution in [0, 0.1) is 5.41 Å². The summed E-state index contributed by atoms with van der Waals surface area (Å²) in [6, 6.07) is 0. The fraction of sp³-hybridized carbons (Fsp3) is 0.750. The Bertz CT molecular complexity index is 250. The van der Waals surface area contributed by atoms with Crippen LogP contribution in [0.4, 0.5) is 0 Å². The van der Waals surface area contributed by atoms with E-state index in [0.29, 0.717) is 5.78 Å². The Morgan fingerprint density at radius 3 is 2.38 bits per heavy atom. The smallest absolute Gasteiger partial charge is 0.159 e. The van der Waals surface area contributed by atoms with Gasteiger partial charge in [-0.3, -0.25) is 4.79 Å². The van der Waals surface area contributed by atoms with E-state index in [2.05, 4.69) is 20.8 Å². The molecule has 0 saturated heterocycles. The summed E-state index contributed by atoms with van der Waals surface area (Å²) in [5.74, 6) is 0.358. The van der Waals surface area contributed by atoms with E-state index in [-0.39, 0.29) is 5.41 Å². The van der Waals surface area contributed by atoms with Gasteiger partial charge in [0.05, 0.1) is 0 Å². The Balaban J connectivity index is 2.77. The van der Waals surface area contributed by atoms with E-state index in [4.69, 9.17) is 0 Å². The number of carbonyl (C=O) groups excluding carboxylic acids is 1. The summed E-state index contributed by atoms with van der Waals surface area (Å²) in [6.45, 7) is 8.52. The van der Waals surface area contributed by atoms with Gasteiger partial charge in [0.15, 0.2) is 5.78 Å². The lowest BCUT2D eigenvalue weighted by molar-refractivity contribution is -0.116. The molecule has 13 heavy (non-hydrogen) atoms. The normalized spacial score (nSPS) is 28.8. The summed E-state index contributed by atoms with van der Waals surface area (Å²) in [5.41, 5.74) is 2.52. The molecule has 0 radical (unpaired) electrons. The van der Waals surface area contributed by atoms with Crippen molar-refractivity contribution >= 4 is 5.78 Å². The molecule has 0 saturated carbocycles. The minimum absolute atomic E-state index is 0.178. The number of hydrogen-bond acceptors (Lipinski definition) is 1. The van der Waals surface area contributed by atoms with E-state index in [1.807, 2.05) is 6.92 Å². The average molecular weight is 180 g/mol. The van der Waals surface area contributed by atoms with Crippen LogP contribution in [0.2, 0.25) is 0 Å². The predicted octanol–water partition coefficient (Wildman–Crippen LogP) is 3.49. The van der Waals surface area contributed by atoms with Crippen molar-refractivity contribution in [3.63, 3.8) is 0 Å². The standard InChI is InChI=1S/C12H20O/c1-5-6-7-12(4)8-11(13)9(2)10(12)3/h5-8H2,1-4H3. The van der Waals surface area contributed by atoms with Gasteiger partial charge in [-0.05, 0) is 31.3 Å². The first-order chi connectivity index (χ1) is 6.01. The molecule has 1 nitrogen and oxygen atoms in total. The maximum Gasteiger partial charge on any atom is 0.159 e. The van der Waals surface area contributed by atoms with E-state index >= 15 is 0 Å². The number of unbranched alkanes of at least 4 members (excludes halogenated alkanes) is 1. The van der Waals surface area contributed by atoms with Crippen LogP contribution in [0.25, 0.3) is 0 Å². The molecular formula is C12H20O. The topological polar surface area (TPSA) is 17.1 Å². The summed E-state index contributed by atoms with van der Waals surface area (Å²) < 4.78 is 0. The summed E-state index contributed by atoms with van der Waals surface area (Å²) in [4.78, 5) is 11.5. The first kappa shape index (κ1) is 10.5. The van der Waals surface area contributed by atoms with Crippen LogP contribution in [-0.2, 0) is 4.79 Å². The van der Waals surface area contributed by atoms with Crippen molar-refractivity contribution in [1.82, 2.24) is 0 Å². The fourth-order valence-electron chi connectivity index (χ4n) is 2.12. The van der Waals surface area contributed by atoms with Crippen molar-refractivity contribution in [2.24, 2.45) is 5.41 Å². The molecule has 1 atom stereocenters. The van der Waals surface area contributed by atoms with Crippen molar-refractivity contribution in [2.45, 2.75) is 53.4 Å². The Kier molecular flexibility index (Phi) is 2.94. The predicted molar refractivity (Wildman–Crippen MR) is 55.6 cm³/mol. The third kappa shape index (κ3) is 1.84. The van der Waals surface area contributed by atoms with Gasteiger partial charge >= 0.3 is 0 Å². The Hall–Kier alpha value is -0.590. The molecule has 1 rings (SSSR count). The van der Waals surface area contributed by atoms with Crippen molar-refractivity contribution in [1.29, 1.82) is 0 Å². The number of Topliss-reactive ketones (excluding diaryl/α,β-unsaturated/α-hetero) is 1. The molecule has 1 unspecified atom stereocenters. The van der Waals surface area contributed by atoms with Crippen LogP contribution in [0.5, 0.6) is 0 Å². The molecular weight excluding hydrogens is 160 g/mol. The molecule has 0 aromatic carbocycles. The minimum atomic E-state index is 0.178. The third-order valence-corrected chi connectivity index (χ3v) is 3.52. The summed E-state index contributed by atoms with van der Waals surface area (Å²) in [5, 5.41) is 0. The highest BCUT2D eigenvalue weighted by Crippen LogP contribution is 2.43. The molecule has 0 amide bonds. The van der Waals surface area contributed by atoms with Gasteiger partial charge in [-0.25, -0.2) is 0 Å². The Morgan fingerprint density at radius 2 is 2.00 bits per heavy atom. The van der Waals surface area contributed by atoms with Gasteiger partial charge in [-0.15, -0.1) is 0 Å². The second-order valence-corrected chi connectivity index (χ2v) is 4.51. The third-order valence-electron chi connectivity index (χ3n) is 3.52. The highest BCUT2D eigenvalue weighted by molar-refractivity contribution is 5.99. The highest BCUT2D eigenvalue weighted by Gasteiger charge is 2.36. The zero-order chi connectivity index (χ0) is 10.1. The molecule has 0 aromatic rings. The van der Waals surface area contributed by atoms with Gasteiger partial charge in [-0.1, -0.05) is 32.3 Å². The Labute approximate surface area is 81.2 Å². The van der Waals surface area contributed by atoms with Gasteiger partial charge in [0.25, 0.3) is 0 Å². The van der Waals surface area contributed by atoms with E-state index in [1.54, 1.807) is 0 Å². The highest BCUT2D eigenvalue weighted by atomic mass is 16.1. The van der Waals surface area contributed by atoms with E-state index < -0.39 is 0 Å². The fourth-order valence-corrected chi connectivity index (χ4v) is 2.12. The molecule has 0 bridgehead atoms. The maximum atomic E-state index is 11.5. The van der Waals surface area contributed by atoms with E-state index in [9.17, 15) is 4.79 Å². The van der Waals surface area contributed by atoms with Gasteiger partial charge in [0.2, 0.25) is 0 Å². The lowest BCUT2D eigenvalue weighted by Crippen LogP contribution is -2.15. The van der Waals surface area contributed by atoms with Crippen molar-refractivity contribution < 1.29 is 4.79 Å². The van der Waals surface area contributed by atoms with Gasteiger partial charge in [-0.2, -0.15) is 0 Å². The second kappa shape index (κ2) is 3.65. The van der Waals surface area contributed by atoms with Crippen LogP contribution in [0.3, 0.4) is 0 Å². The quantitative estimate of drug-likeness (QED) is 0.649. The monoisotopic (exact) mass is 180 g/mol. The second-order valence-electron chi connectivity index (χ2n) is 4.51. The Morgan fingerprint density at radius 1 is 1.38 bits per heavy atom. The summed E-state index contributed by atoms with van der Waals surface area (Å²) in [7, 11) is 0. The van der Waals surface area contributed by atoms with Crippen LogP contribution >= 0.6 is 0 Å². The molecule has 1 aliphatic rings. The van der Waals surface area contributed by atoms with E-state index in [0.717, 1.165) is 12.0 Å². The maximum absolute atomic E-state index is 11.5. The zero-order valence-electron chi connectivity index (χ0n) is 9.24. The molecule has 0 fully saturated rings. The van der Waals surface area contributed by atoms with E-state index in [1.165, 1.54) is 24.8 Å². The average Bonchev–Trinajstić information content (AvgIpc) is 2.28. The van der Waals surface area contributed by atoms with Gasteiger partial charge in [0.1, 0.15) is 0 Å². The van der Waals surface area contributed by atoms with Crippen LogP contribution < -0.4 is 0 Å². The van der Waals surface area contributed by atoms with Crippen molar-refractivity contribution in [3.05, 3.63) is 11.1 Å². The number of hydrogen-bond donors (Lipinski definition) is 0. The van der Waals surface area contributed by atoms with Gasteiger partial charge in [0, 0.05) is 6.42 Å². The number of carbonyl (C=O) groups is 1. The van der Waals surface area contributed by atoms with Crippen LogP contribution in [0.15, 0.2) is 11.1 Å². The number of allylic oxidation sites excluding steroid dienone is 2. The molecule has 0 heterocycles. The molecule has 74 valence electrons. The summed E-state index contributed by atoms with van der Waals surface area (Å²) >= 11 is 0. The number of rotatable bonds is 3. The number of ketones is 1. The van der Waals surface area contributed by atoms with Gasteiger partial charge < -0.3 is 0 Å². The first-order valence-electron chi connectivity index (χ1n) is 5.22. The summed E-state index contributed by atoms with van der Waals surface area (Å²) in [6.07, 6.45) is 4.35. The van der Waals surface area contributed by atoms with Crippen molar-refractivity contribution in [3.8, 4) is 0 Å². The molecule has 0 spiro atoms. The minimum Gasteiger partial charge on any atom is -0.295 e. The SMILES string of the molecule is CCCCC1(C)CC(=O)C(C)=C1C.